The molecule has 0 amide bonds. The zero-order valence-electron chi connectivity index (χ0n) is 27.9. The van der Waals surface area contributed by atoms with Crippen LogP contribution < -0.4 is 0 Å². The molecule has 242 valence electrons. The Morgan fingerprint density at radius 2 is 1.27 bits per heavy atom. The first kappa shape index (κ1) is 29.7. The molecule has 0 aliphatic heterocycles. The highest BCUT2D eigenvalue weighted by molar-refractivity contribution is 7.26. The highest BCUT2D eigenvalue weighted by Crippen LogP contribution is 2.42. The van der Waals surface area contributed by atoms with Gasteiger partial charge in [-0.15, -0.1) is 11.3 Å². The molecule has 51 heavy (non-hydrogen) atoms. The lowest BCUT2D eigenvalue weighted by molar-refractivity contribution is 0.547. The zero-order valence-corrected chi connectivity index (χ0v) is 28.7. The van der Waals surface area contributed by atoms with E-state index in [2.05, 4.69) is 134 Å². The summed E-state index contributed by atoms with van der Waals surface area (Å²) >= 11 is 1.81. The molecule has 0 saturated carbocycles. The Bertz CT molecular complexity index is 2830. The summed E-state index contributed by atoms with van der Waals surface area (Å²) in [5.74, 6) is 3.00. The number of para-hydroxylation sites is 1. The van der Waals surface area contributed by atoms with Crippen molar-refractivity contribution in [1.29, 1.82) is 0 Å². The summed E-state index contributed by atoms with van der Waals surface area (Å²) in [4.78, 5) is 15.4. The van der Waals surface area contributed by atoms with Gasteiger partial charge >= 0.3 is 0 Å². The van der Waals surface area contributed by atoms with E-state index in [1.165, 1.54) is 42.4 Å². The van der Waals surface area contributed by atoms with Gasteiger partial charge in [-0.25, -0.2) is 15.0 Å². The quantitative estimate of drug-likeness (QED) is 0.182. The van der Waals surface area contributed by atoms with Crippen molar-refractivity contribution < 1.29 is 4.42 Å². The zero-order chi connectivity index (χ0) is 33.9. The maximum atomic E-state index is 6.49. The molecule has 10 rings (SSSR count). The molecule has 0 unspecified atom stereocenters. The molecule has 3 aromatic heterocycles. The second kappa shape index (κ2) is 12.0. The largest absolute Gasteiger partial charge is 0.460 e. The van der Waals surface area contributed by atoms with Gasteiger partial charge in [-0.2, -0.15) is 0 Å². The van der Waals surface area contributed by atoms with Crippen LogP contribution in [0, 0.1) is 6.92 Å². The van der Waals surface area contributed by atoms with Crippen LogP contribution in [-0.4, -0.2) is 15.0 Å². The Balaban J connectivity index is 1.14. The Morgan fingerprint density at radius 3 is 2.18 bits per heavy atom. The van der Waals surface area contributed by atoms with E-state index in [4.69, 9.17) is 19.4 Å². The lowest BCUT2D eigenvalue weighted by atomic mass is 9.98. The minimum Gasteiger partial charge on any atom is -0.460 e. The lowest BCUT2D eigenvalue weighted by Crippen LogP contribution is -2.00. The Morgan fingerprint density at radius 1 is 0.549 bits per heavy atom. The Hall–Kier alpha value is -6.17. The van der Waals surface area contributed by atoms with E-state index in [1.807, 2.05) is 29.5 Å². The molecule has 1 aliphatic rings. The van der Waals surface area contributed by atoms with Crippen LogP contribution in [0.4, 0.5) is 0 Å². The molecule has 9 aromatic rings. The molecule has 5 heteroatoms. The van der Waals surface area contributed by atoms with Crippen LogP contribution in [0.1, 0.15) is 23.3 Å². The maximum absolute atomic E-state index is 6.49. The molecule has 3 heterocycles. The van der Waals surface area contributed by atoms with Crippen molar-refractivity contribution in [2.24, 2.45) is 0 Å². The normalized spacial score (nSPS) is 12.6. The number of thiophene rings is 1. The fourth-order valence-corrected chi connectivity index (χ4v) is 8.55. The van der Waals surface area contributed by atoms with Crippen molar-refractivity contribution in [3.63, 3.8) is 0 Å². The number of furan rings is 1. The molecular formula is C46H31N3OS. The molecule has 0 bridgehead atoms. The third kappa shape index (κ3) is 5.17. The van der Waals surface area contributed by atoms with E-state index < -0.39 is 0 Å². The second-order valence-corrected chi connectivity index (χ2v) is 14.3. The first-order valence-electron chi connectivity index (χ1n) is 17.3. The number of allylic oxidation sites excluding steroid dienone is 1. The second-order valence-electron chi connectivity index (χ2n) is 13.2. The maximum Gasteiger partial charge on any atom is 0.164 e. The molecule has 0 N–H and O–H groups in total. The summed E-state index contributed by atoms with van der Waals surface area (Å²) in [6.07, 6.45) is 6.36. The van der Waals surface area contributed by atoms with Crippen LogP contribution in [0.5, 0.6) is 0 Å². The number of rotatable bonds is 5. The van der Waals surface area contributed by atoms with Gasteiger partial charge < -0.3 is 4.42 Å². The lowest BCUT2D eigenvalue weighted by Gasteiger charge is -2.11. The number of nitrogens with zero attached hydrogens (tertiary/aromatic N) is 3. The van der Waals surface area contributed by atoms with Crippen molar-refractivity contribution in [1.82, 2.24) is 15.0 Å². The standard InChI is InChI=1S/C46H31N3OS/c1-28-11-7-14-30(25-28)31-23-24-37-41(27-31)51-40-22-10-20-38(42(37)40)46-48-44(29-12-3-2-4-13-29)47-45(49-46)33-16-8-15-32(26-33)34-18-9-19-36-35-17-5-6-21-39(35)50-43(34)36/h2-5,7-20,22-27H,6,21H2,1H3. The van der Waals surface area contributed by atoms with Crippen LogP contribution in [-0.2, 0) is 6.42 Å². The van der Waals surface area contributed by atoms with E-state index in [-0.39, 0.29) is 0 Å². The first-order valence-corrected chi connectivity index (χ1v) is 18.1. The summed E-state index contributed by atoms with van der Waals surface area (Å²) in [6, 6.07) is 47.0. The topological polar surface area (TPSA) is 51.8 Å². The molecule has 0 spiro atoms. The van der Waals surface area contributed by atoms with Crippen molar-refractivity contribution >= 4 is 48.6 Å². The van der Waals surface area contributed by atoms with Crippen LogP contribution >= 0.6 is 11.3 Å². The Labute approximate surface area is 299 Å². The van der Waals surface area contributed by atoms with E-state index in [9.17, 15) is 0 Å². The fraction of sp³-hybridized carbons (Fsp3) is 0.0652. The highest BCUT2D eigenvalue weighted by Gasteiger charge is 2.20. The van der Waals surface area contributed by atoms with Gasteiger partial charge in [0.2, 0.25) is 0 Å². The minimum absolute atomic E-state index is 0.632. The third-order valence-electron chi connectivity index (χ3n) is 9.84. The molecule has 0 fully saturated rings. The Kier molecular flexibility index (Phi) is 7.00. The molecule has 0 atom stereocenters. The summed E-state index contributed by atoms with van der Waals surface area (Å²) in [5.41, 5.74) is 10.8. The van der Waals surface area contributed by atoms with Gasteiger partial charge in [0.15, 0.2) is 17.5 Å². The predicted octanol–water partition coefficient (Wildman–Crippen LogP) is 12.6. The molecule has 4 nitrogen and oxygen atoms in total. The summed E-state index contributed by atoms with van der Waals surface area (Å²) in [5, 5.41) is 3.52. The van der Waals surface area contributed by atoms with Crippen molar-refractivity contribution in [3.8, 4) is 56.4 Å². The first-order chi connectivity index (χ1) is 25.2. The average molecular weight is 674 g/mol. The summed E-state index contributed by atoms with van der Waals surface area (Å²) < 4.78 is 8.94. The SMILES string of the molecule is Cc1cccc(-c2ccc3c(c2)sc2cccc(-c4nc(-c5ccccc5)nc(-c5cccc(-c6cccc7c8c(oc67)CCC=C8)c5)n4)c23)c1. The van der Waals surface area contributed by atoms with Gasteiger partial charge in [0.1, 0.15) is 11.3 Å². The third-order valence-corrected chi connectivity index (χ3v) is 11.0. The number of benzene rings is 6. The van der Waals surface area contributed by atoms with Gasteiger partial charge in [0.05, 0.1) is 0 Å². The molecule has 1 aliphatic carbocycles. The van der Waals surface area contributed by atoms with E-state index in [0.717, 1.165) is 57.4 Å². The van der Waals surface area contributed by atoms with Crippen molar-refractivity contribution in [3.05, 3.63) is 156 Å². The predicted molar refractivity (Wildman–Crippen MR) is 212 cm³/mol. The number of fused-ring (bicyclic) bond motifs is 6. The minimum atomic E-state index is 0.632. The summed E-state index contributed by atoms with van der Waals surface area (Å²) in [6.45, 7) is 2.14. The average Bonchev–Trinajstić information content (AvgIpc) is 3.76. The number of aryl methyl sites for hydroxylation is 2. The van der Waals surface area contributed by atoms with Gasteiger partial charge in [-0.1, -0.05) is 133 Å². The van der Waals surface area contributed by atoms with Gasteiger partial charge in [0, 0.05) is 59.8 Å². The van der Waals surface area contributed by atoms with E-state index in [0.29, 0.717) is 17.5 Å². The monoisotopic (exact) mass is 673 g/mol. The number of hydrogen-bond acceptors (Lipinski definition) is 5. The molecule has 0 radical (unpaired) electrons. The van der Waals surface area contributed by atoms with Crippen molar-refractivity contribution in [2.45, 2.75) is 19.8 Å². The molecule has 6 aromatic carbocycles. The van der Waals surface area contributed by atoms with Gasteiger partial charge in [0.25, 0.3) is 0 Å². The van der Waals surface area contributed by atoms with E-state index >= 15 is 0 Å². The smallest absolute Gasteiger partial charge is 0.164 e. The van der Waals surface area contributed by atoms with Crippen LogP contribution in [0.3, 0.4) is 0 Å². The highest BCUT2D eigenvalue weighted by atomic mass is 32.1. The van der Waals surface area contributed by atoms with Crippen molar-refractivity contribution in [2.75, 3.05) is 0 Å². The summed E-state index contributed by atoms with van der Waals surface area (Å²) in [7, 11) is 0. The number of aromatic nitrogens is 3. The molecule has 0 saturated heterocycles. The molecular weight excluding hydrogens is 643 g/mol. The van der Waals surface area contributed by atoms with Gasteiger partial charge in [-0.3, -0.25) is 0 Å². The van der Waals surface area contributed by atoms with Crippen LogP contribution in [0.15, 0.2) is 144 Å². The fourth-order valence-electron chi connectivity index (χ4n) is 7.38. The van der Waals surface area contributed by atoms with Crippen LogP contribution in [0.25, 0.3) is 93.6 Å². The number of hydrogen-bond donors (Lipinski definition) is 0. The van der Waals surface area contributed by atoms with Gasteiger partial charge in [-0.05, 0) is 48.2 Å². The van der Waals surface area contributed by atoms with E-state index in [1.54, 1.807) is 0 Å². The van der Waals surface area contributed by atoms with Crippen LogP contribution in [0.2, 0.25) is 0 Å².